The first kappa shape index (κ1) is 24.1. The fourth-order valence-electron chi connectivity index (χ4n) is 3.61. The van der Waals surface area contributed by atoms with Crippen LogP contribution in [0.25, 0.3) is 22.5 Å². The van der Waals surface area contributed by atoms with E-state index in [9.17, 15) is 14.7 Å². The van der Waals surface area contributed by atoms with E-state index in [2.05, 4.69) is 25.5 Å². The van der Waals surface area contributed by atoms with Crippen LogP contribution in [0.2, 0.25) is 5.02 Å². The summed E-state index contributed by atoms with van der Waals surface area (Å²) >= 11 is 6.08. The molecule has 2 atom stereocenters. The summed E-state index contributed by atoms with van der Waals surface area (Å²) in [6, 6.07) is 16.0. The van der Waals surface area contributed by atoms with Crippen molar-refractivity contribution in [3.63, 3.8) is 0 Å². The number of rotatable bonds is 9. The number of nitrogens with zero attached hydrogens (tertiary/aromatic N) is 3. The van der Waals surface area contributed by atoms with Gasteiger partial charge in [0.2, 0.25) is 0 Å². The Hall–Kier alpha value is -4.08. The molecule has 0 saturated heterocycles. The molecule has 9 nitrogen and oxygen atoms in total. The molecule has 2 aromatic heterocycles. The molecule has 0 bridgehead atoms. The number of nitrogens with one attached hydrogen (secondary N) is 2. The Morgan fingerprint density at radius 1 is 1.03 bits per heavy atom. The quantitative estimate of drug-likeness (QED) is 0.281. The Bertz CT molecular complexity index is 1310. The number of carboxylic acids is 1. The number of carbonyl (C=O) groups excluding carboxylic acids is 1. The van der Waals surface area contributed by atoms with E-state index in [0.29, 0.717) is 22.8 Å². The predicted molar refractivity (Wildman–Crippen MR) is 130 cm³/mol. The zero-order valence-corrected chi connectivity index (χ0v) is 19.2. The zero-order valence-electron chi connectivity index (χ0n) is 18.4. The van der Waals surface area contributed by atoms with Crippen LogP contribution in [0, 0.1) is 0 Å². The number of benzene rings is 2. The lowest BCUT2D eigenvalue weighted by Gasteiger charge is -2.20. The largest absolute Gasteiger partial charge is 0.479 e. The van der Waals surface area contributed by atoms with Crippen molar-refractivity contribution in [1.29, 1.82) is 0 Å². The standard InChI is InChI=1S/C25H22ClN5O4/c26-18-3-1-2-17(11-18)16-6-4-15(5-7-16)10-19(12-23(32)25(34)35)29-24(33)21-13-20(30-31-21)22-14-27-8-9-28-22/h1-9,11,13-14,19,23,32H,10,12H2,(H,29,33)(H,30,31)(H,34,35)/t19-,23-/m0/s1. The van der Waals surface area contributed by atoms with Gasteiger partial charge in [-0.2, -0.15) is 5.10 Å². The monoisotopic (exact) mass is 491 g/mol. The molecule has 4 N–H and O–H groups in total. The van der Waals surface area contributed by atoms with Gasteiger partial charge in [-0.25, -0.2) is 4.79 Å². The van der Waals surface area contributed by atoms with Gasteiger partial charge in [0, 0.05) is 29.9 Å². The summed E-state index contributed by atoms with van der Waals surface area (Å²) in [5.74, 6) is -1.84. The number of carboxylic acid groups (broad SMARTS) is 1. The molecule has 4 rings (SSSR count). The Morgan fingerprint density at radius 3 is 2.51 bits per heavy atom. The summed E-state index contributed by atoms with van der Waals surface area (Å²) in [5.41, 5.74) is 3.92. The van der Waals surface area contributed by atoms with Crippen molar-refractivity contribution in [2.75, 3.05) is 0 Å². The normalized spacial score (nSPS) is 12.6. The van der Waals surface area contributed by atoms with Crippen molar-refractivity contribution in [2.45, 2.75) is 25.0 Å². The van der Waals surface area contributed by atoms with Crippen LogP contribution in [0.1, 0.15) is 22.5 Å². The highest BCUT2D eigenvalue weighted by molar-refractivity contribution is 6.30. The molecule has 2 heterocycles. The number of carbonyl (C=O) groups is 2. The number of aliphatic carboxylic acids is 1. The molecular weight excluding hydrogens is 470 g/mol. The average molecular weight is 492 g/mol. The molecule has 0 spiro atoms. The van der Waals surface area contributed by atoms with Crippen molar-refractivity contribution in [2.24, 2.45) is 0 Å². The summed E-state index contributed by atoms with van der Waals surface area (Å²) < 4.78 is 0. The van der Waals surface area contributed by atoms with Crippen molar-refractivity contribution in [1.82, 2.24) is 25.5 Å². The molecule has 0 saturated carbocycles. The lowest BCUT2D eigenvalue weighted by atomic mass is 9.97. The second-order valence-corrected chi connectivity index (χ2v) is 8.37. The van der Waals surface area contributed by atoms with E-state index in [4.69, 9.17) is 16.7 Å². The van der Waals surface area contributed by atoms with Crippen LogP contribution < -0.4 is 5.32 Å². The molecule has 1 amide bonds. The number of halogens is 1. The van der Waals surface area contributed by atoms with Gasteiger partial charge >= 0.3 is 5.97 Å². The highest BCUT2D eigenvalue weighted by Gasteiger charge is 2.23. The van der Waals surface area contributed by atoms with E-state index in [0.717, 1.165) is 16.7 Å². The van der Waals surface area contributed by atoms with Crippen molar-refractivity contribution >= 4 is 23.5 Å². The van der Waals surface area contributed by atoms with Crippen LogP contribution in [-0.4, -0.2) is 54.4 Å². The Labute approximate surface area is 205 Å². The van der Waals surface area contributed by atoms with E-state index >= 15 is 0 Å². The first-order chi connectivity index (χ1) is 16.9. The highest BCUT2D eigenvalue weighted by atomic mass is 35.5. The summed E-state index contributed by atoms with van der Waals surface area (Å²) in [6.45, 7) is 0. The molecule has 0 unspecified atom stereocenters. The number of amides is 1. The molecule has 178 valence electrons. The van der Waals surface area contributed by atoms with E-state index in [1.165, 1.54) is 24.7 Å². The summed E-state index contributed by atoms with van der Waals surface area (Å²) in [6.07, 6.45) is 3.10. The summed E-state index contributed by atoms with van der Waals surface area (Å²) in [5, 5.41) is 29.3. The van der Waals surface area contributed by atoms with Crippen LogP contribution in [-0.2, 0) is 11.2 Å². The topological polar surface area (TPSA) is 141 Å². The maximum atomic E-state index is 12.9. The van der Waals surface area contributed by atoms with Crippen LogP contribution in [0.5, 0.6) is 0 Å². The van der Waals surface area contributed by atoms with Gasteiger partial charge in [0.1, 0.15) is 17.1 Å². The fourth-order valence-corrected chi connectivity index (χ4v) is 3.80. The maximum Gasteiger partial charge on any atom is 0.332 e. The van der Waals surface area contributed by atoms with Gasteiger partial charge in [-0.05, 0) is 41.3 Å². The third-order valence-corrected chi connectivity index (χ3v) is 5.61. The van der Waals surface area contributed by atoms with Crippen molar-refractivity contribution in [3.05, 3.63) is 89.5 Å². The van der Waals surface area contributed by atoms with Crippen molar-refractivity contribution in [3.8, 4) is 22.5 Å². The van der Waals surface area contributed by atoms with Crippen LogP contribution >= 0.6 is 11.6 Å². The number of aromatic nitrogens is 4. The van der Waals surface area contributed by atoms with Gasteiger partial charge in [-0.3, -0.25) is 19.9 Å². The number of hydrogen-bond donors (Lipinski definition) is 4. The molecule has 0 fully saturated rings. The number of hydrogen-bond acceptors (Lipinski definition) is 6. The smallest absolute Gasteiger partial charge is 0.332 e. The lowest BCUT2D eigenvalue weighted by molar-refractivity contribution is -0.147. The number of aliphatic hydroxyl groups is 1. The molecule has 0 aliphatic carbocycles. The molecule has 35 heavy (non-hydrogen) atoms. The first-order valence-corrected chi connectivity index (χ1v) is 11.2. The van der Waals surface area contributed by atoms with Crippen LogP contribution in [0.15, 0.2) is 73.2 Å². The average Bonchev–Trinajstić information content (AvgIpc) is 3.35. The van der Waals surface area contributed by atoms with Crippen LogP contribution in [0.3, 0.4) is 0 Å². The van der Waals surface area contributed by atoms with Gasteiger partial charge in [0.05, 0.1) is 6.20 Å². The molecule has 10 heteroatoms. The second kappa shape index (κ2) is 10.9. The Balaban J connectivity index is 1.48. The maximum absolute atomic E-state index is 12.9. The summed E-state index contributed by atoms with van der Waals surface area (Å²) in [7, 11) is 0. The van der Waals surface area contributed by atoms with Gasteiger partial charge in [-0.15, -0.1) is 0 Å². The molecular formula is C25H22ClN5O4. The first-order valence-electron chi connectivity index (χ1n) is 10.8. The minimum Gasteiger partial charge on any atom is -0.479 e. The number of H-pyrrole nitrogens is 1. The van der Waals surface area contributed by atoms with E-state index in [1.807, 2.05) is 42.5 Å². The fraction of sp³-hybridized carbons (Fsp3) is 0.160. The molecule has 0 aliphatic heterocycles. The molecule has 2 aromatic carbocycles. The third kappa shape index (κ3) is 6.28. The van der Waals surface area contributed by atoms with Gasteiger partial charge in [0.15, 0.2) is 6.10 Å². The molecule has 0 radical (unpaired) electrons. The Kier molecular flexibility index (Phi) is 7.49. The summed E-state index contributed by atoms with van der Waals surface area (Å²) in [4.78, 5) is 32.2. The number of aliphatic hydroxyl groups excluding tert-OH is 1. The van der Waals surface area contributed by atoms with E-state index in [1.54, 1.807) is 6.07 Å². The molecule has 4 aromatic rings. The lowest BCUT2D eigenvalue weighted by Crippen LogP contribution is -2.40. The minimum atomic E-state index is -1.62. The van der Waals surface area contributed by atoms with Gasteiger partial charge in [0.25, 0.3) is 5.91 Å². The second-order valence-electron chi connectivity index (χ2n) is 7.93. The zero-order chi connectivity index (χ0) is 24.8. The predicted octanol–water partition coefficient (Wildman–Crippen LogP) is 3.36. The third-order valence-electron chi connectivity index (χ3n) is 5.37. The SMILES string of the molecule is O=C(N[C@@H](Cc1ccc(-c2cccc(Cl)c2)cc1)C[C@H](O)C(=O)O)c1cc(-c2cnccn2)n[nH]1. The number of aromatic amines is 1. The van der Waals surface area contributed by atoms with Crippen LogP contribution in [0.4, 0.5) is 0 Å². The minimum absolute atomic E-state index is 0.164. The van der Waals surface area contributed by atoms with Crippen molar-refractivity contribution < 1.29 is 19.8 Å². The van der Waals surface area contributed by atoms with E-state index in [-0.39, 0.29) is 12.1 Å². The highest BCUT2D eigenvalue weighted by Crippen LogP contribution is 2.23. The van der Waals surface area contributed by atoms with Gasteiger partial charge < -0.3 is 15.5 Å². The molecule has 0 aliphatic rings. The van der Waals surface area contributed by atoms with Gasteiger partial charge in [-0.1, -0.05) is 48.0 Å². The van der Waals surface area contributed by atoms with E-state index < -0.39 is 24.0 Å². The Morgan fingerprint density at radius 2 is 1.83 bits per heavy atom.